The van der Waals surface area contributed by atoms with Crippen LogP contribution in [0.4, 0.5) is 0 Å². The molecule has 2 rings (SSSR count). The summed E-state index contributed by atoms with van der Waals surface area (Å²) in [6.45, 7) is 7.61. The van der Waals surface area contributed by atoms with Gasteiger partial charge in [-0.05, 0) is 59.9 Å². The van der Waals surface area contributed by atoms with Crippen LogP contribution in [0.1, 0.15) is 52.9 Å². The lowest BCUT2D eigenvalue weighted by Gasteiger charge is -2.37. The van der Waals surface area contributed by atoms with Gasteiger partial charge < -0.3 is 15.5 Å². The van der Waals surface area contributed by atoms with Gasteiger partial charge in [0, 0.05) is 24.2 Å². The van der Waals surface area contributed by atoms with Gasteiger partial charge in [0.15, 0.2) is 0 Å². The highest BCUT2D eigenvalue weighted by molar-refractivity contribution is 5.84. The molecule has 1 amide bonds. The molecule has 0 spiro atoms. The number of nitrogens with one attached hydrogen (secondary N) is 2. The number of hydrogen-bond donors (Lipinski definition) is 2. The van der Waals surface area contributed by atoms with Crippen LogP contribution in [0.3, 0.4) is 0 Å². The first-order valence-electron chi connectivity index (χ1n) is 7.66. The second-order valence-corrected chi connectivity index (χ2v) is 7.06. The molecule has 2 fully saturated rings. The van der Waals surface area contributed by atoms with Crippen molar-refractivity contribution in [3.8, 4) is 0 Å². The first kappa shape index (κ1) is 14.8. The van der Waals surface area contributed by atoms with Gasteiger partial charge in [-0.25, -0.2) is 0 Å². The molecule has 0 aromatic heterocycles. The third-order valence-corrected chi connectivity index (χ3v) is 4.36. The van der Waals surface area contributed by atoms with Crippen molar-refractivity contribution in [1.82, 2.24) is 15.5 Å². The smallest absolute Gasteiger partial charge is 0.240 e. The fourth-order valence-electron chi connectivity index (χ4n) is 3.48. The van der Waals surface area contributed by atoms with Crippen LogP contribution in [0, 0.1) is 0 Å². The lowest BCUT2D eigenvalue weighted by atomic mass is 9.89. The Morgan fingerprint density at radius 1 is 1.11 bits per heavy atom. The zero-order valence-corrected chi connectivity index (χ0v) is 12.8. The van der Waals surface area contributed by atoms with Crippen LogP contribution < -0.4 is 10.6 Å². The summed E-state index contributed by atoms with van der Waals surface area (Å²) in [5.74, 6) is 0.315. The van der Waals surface area contributed by atoms with Crippen LogP contribution in [0.2, 0.25) is 0 Å². The third kappa shape index (κ3) is 3.69. The summed E-state index contributed by atoms with van der Waals surface area (Å²) in [5.41, 5.74) is 0.193. The summed E-state index contributed by atoms with van der Waals surface area (Å²) in [4.78, 5) is 14.3. The predicted octanol–water partition coefficient (Wildman–Crippen LogP) is 1.51. The number of carbonyl (C=O) groups excluding carboxylic acids is 1. The molecule has 1 heterocycles. The molecule has 0 bridgehead atoms. The largest absolute Gasteiger partial charge is 0.338 e. The predicted molar refractivity (Wildman–Crippen MR) is 78.1 cm³/mol. The van der Waals surface area contributed by atoms with Gasteiger partial charge in [0.1, 0.15) is 0 Å². The van der Waals surface area contributed by atoms with Crippen molar-refractivity contribution in [3.05, 3.63) is 0 Å². The molecule has 0 radical (unpaired) electrons. The van der Waals surface area contributed by atoms with Crippen molar-refractivity contribution in [2.75, 3.05) is 13.6 Å². The summed E-state index contributed by atoms with van der Waals surface area (Å²) in [5, 5.41) is 6.80. The van der Waals surface area contributed by atoms with Crippen LogP contribution in [0.5, 0.6) is 0 Å². The first-order valence-corrected chi connectivity index (χ1v) is 7.66. The summed E-state index contributed by atoms with van der Waals surface area (Å²) in [6, 6.07) is 1.16. The standard InChI is InChI=1S/C15H29N3O/c1-15(2,3)17-11-5-7-12(8-6-11)18-10-9-13(16-4)14(18)19/h11-13,16-17H,5-10H2,1-4H3/t11?,12?,13-/m0/s1. The summed E-state index contributed by atoms with van der Waals surface area (Å²) in [6.07, 6.45) is 5.65. The van der Waals surface area contributed by atoms with E-state index in [-0.39, 0.29) is 11.6 Å². The fraction of sp³-hybridized carbons (Fsp3) is 0.933. The van der Waals surface area contributed by atoms with Crippen molar-refractivity contribution >= 4 is 5.91 Å². The Bertz CT molecular complexity index is 316. The normalized spacial score (nSPS) is 32.9. The molecule has 0 aromatic carbocycles. The maximum Gasteiger partial charge on any atom is 0.240 e. The lowest BCUT2D eigenvalue weighted by molar-refractivity contribution is -0.131. The SMILES string of the molecule is CN[C@H]1CCN(C2CCC(NC(C)(C)C)CC2)C1=O. The van der Waals surface area contributed by atoms with Crippen molar-refractivity contribution in [2.24, 2.45) is 0 Å². The second kappa shape index (κ2) is 5.80. The first-order chi connectivity index (χ1) is 8.90. The molecule has 2 aliphatic rings. The van der Waals surface area contributed by atoms with Gasteiger partial charge in [-0.1, -0.05) is 0 Å². The van der Waals surface area contributed by atoms with Crippen LogP contribution in [-0.4, -0.2) is 48.1 Å². The average Bonchev–Trinajstić information content (AvgIpc) is 2.69. The molecule has 1 saturated heterocycles. The number of hydrogen-bond acceptors (Lipinski definition) is 3. The van der Waals surface area contributed by atoms with Crippen LogP contribution >= 0.6 is 0 Å². The van der Waals surface area contributed by atoms with Gasteiger partial charge in [0.25, 0.3) is 0 Å². The molecular weight excluding hydrogens is 238 g/mol. The minimum atomic E-state index is 0.0606. The highest BCUT2D eigenvalue weighted by Gasteiger charge is 2.36. The maximum atomic E-state index is 12.2. The molecule has 4 heteroatoms. The number of carbonyl (C=O) groups is 1. The molecule has 0 unspecified atom stereocenters. The van der Waals surface area contributed by atoms with E-state index < -0.39 is 0 Å². The number of rotatable bonds is 3. The Kier molecular flexibility index (Phi) is 4.51. The molecule has 1 aliphatic carbocycles. The molecule has 4 nitrogen and oxygen atoms in total. The molecule has 1 saturated carbocycles. The Labute approximate surface area is 117 Å². The number of amides is 1. The number of nitrogens with zero attached hydrogens (tertiary/aromatic N) is 1. The van der Waals surface area contributed by atoms with E-state index in [1.807, 2.05) is 7.05 Å². The van der Waals surface area contributed by atoms with Gasteiger partial charge in [0.2, 0.25) is 5.91 Å². The van der Waals surface area contributed by atoms with Gasteiger partial charge >= 0.3 is 0 Å². The van der Waals surface area contributed by atoms with E-state index in [4.69, 9.17) is 0 Å². The minimum Gasteiger partial charge on any atom is -0.338 e. The van der Waals surface area contributed by atoms with Gasteiger partial charge in [-0.3, -0.25) is 4.79 Å². The Morgan fingerprint density at radius 2 is 1.74 bits per heavy atom. The van der Waals surface area contributed by atoms with Crippen molar-refractivity contribution in [2.45, 2.75) is 76.5 Å². The molecule has 1 aliphatic heterocycles. The zero-order chi connectivity index (χ0) is 14.0. The number of likely N-dealkylation sites (N-methyl/N-ethyl adjacent to an activating group) is 1. The quantitative estimate of drug-likeness (QED) is 0.814. The van der Waals surface area contributed by atoms with E-state index in [1.165, 1.54) is 12.8 Å². The van der Waals surface area contributed by atoms with Crippen LogP contribution in [0.15, 0.2) is 0 Å². The lowest BCUT2D eigenvalue weighted by Crippen LogP contribution is -2.49. The van der Waals surface area contributed by atoms with Gasteiger partial charge in [0.05, 0.1) is 6.04 Å². The minimum absolute atomic E-state index is 0.0606. The van der Waals surface area contributed by atoms with Crippen molar-refractivity contribution in [1.29, 1.82) is 0 Å². The number of likely N-dealkylation sites (tertiary alicyclic amines) is 1. The van der Waals surface area contributed by atoms with Crippen LogP contribution in [0.25, 0.3) is 0 Å². The van der Waals surface area contributed by atoms with Crippen molar-refractivity contribution < 1.29 is 4.79 Å². The Hall–Kier alpha value is -0.610. The summed E-state index contributed by atoms with van der Waals surface area (Å²) >= 11 is 0. The monoisotopic (exact) mass is 267 g/mol. The third-order valence-electron chi connectivity index (χ3n) is 4.36. The van der Waals surface area contributed by atoms with Gasteiger partial charge in [-0.2, -0.15) is 0 Å². The maximum absolute atomic E-state index is 12.2. The van der Waals surface area contributed by atoms with E-state index in [9.17, 15) is 4.79 Å². The van der Waals surface area contributed by atoms with E-state index in [2.05, 4.69) is 36.3 Å². The second-order valence-electron chi connectivity index (χ2n) is 7.06. The Balaban J connectivity index is 1.82. The Morgan fingerprint density at radius 3 is 2.21 bits per heavy atom. The topological polar surface area (TPSA) is 44.4 Å². The summed E-state index contributed by atoms with van der Waals surface area (Å²) < 4.78 is 0. The fourth-order valence-corrected chi connectivity index (χ4v) is 3.48. The highest BCUT2D eigenvalue weighted by atomic mass is 16.2. The zero-order valence-electron chi connectivity index (χ0n) is 12.8. The van der Waals surface area contributed by atoms with E-state index in [1.54, 1.807) is 0 Å². The van der Waals surface area contributed by atoms with E-state index >= 15 is 0 Å². The van der Waals surface area contributed by atoms with Crippen LogP contribution in [-0.2, 0) is 4.79 Å². The molecule has 110 valence electrons. The molecule has 1 atom stereocenters. The average molecular weight is 267 g/mol. The highest BCUT2D eigenvalue weighted by Crippen LogP contribution is 2.27. The van der Waals surface area contributed by atoms with E-state index in [0.717, 1.165) is 25.8 Å². The molecular formula is C15H29N3O. The molecule has 2 N–H and O–H groups in total. The van der Waals surface area contributed by atoms with Crippen molar-refractivity contribution in [3.63, 3.8) is 0 Å². The van der Waals surface area contributed by atoms with E-state index in [0.29, 0.717) is 18.0 Å². The summed E-state index contributed by atoms with van der Waals surface area (Å²) in [7, 11) is 1.89. The molecule has 0 aromatic rings. The molecule has 19 heavy (non-hydrogen) atoms. The van der Waals surface area contributed by atoms with Gasteiger partial charge in [-0.15, -0.1) is 0 Å².